The maximum Gasteiger partial charge on any atom is 0.418 e. The van der Waals surface area contributed by atoms with Crippen molar-refractivity contribution in [3.05, 3.63) is 58.6 Å². The second-order valence-corrected chi connectivity index (χ2v) is 7.36. The molecule has 2 aromatic carbocycles. The van der Waals surface area contributed by atoms with E-state index in [1.807, 2.05) is 13.8 Å². The van der Waals surface area contributed by atoms with Gasteiger partial charge in [0, 0.05) is 15.2 Å². The van der Waals surface area contributed by atoms with Gasteiger partial charge in [-0.05, 0) is 30.3 Å². The van der Waals surface area contributed by atoms with Crippen molar-refractivity contribution in [3.63, 3.8) is 0 Å². The van der Waals surface area contributed by atoms with Crippen LogP contribution >= 0.6 is 23.4 Å². The summed E-state index contributed by atoms with van der Waals surface area (Å²) in [6.45, 7) is 3.95. The van der Waals surface area contributed by atoms with E-state index in [1.54, 1.807) is 24.3 Å². The number of thioether (sulfide) groups is 1. The number of halogens is 4. The van der Waals surface area contributed by atoms with E-state index >= 15 is 0 Å². The van der Waals surface area contributed by atoms with Crippen LogP contribution in [0.5, 0.6) is 0 Å². The topological polar surface area (TPSA) is 29.1 Å². The van der Waals surface area contributed by atoms with Gasteiger partial charge in [0.15, 0.2) is 0 Å². The molecular weight excluding hydrogens is 359 g/mol. The van der Waals surface area contributed by atoms with Gasteiger partial charge in [-0.15, -0.1) is 11.8 Å². The summed E-state index contributed by atoms with van der Waals surface area (Å²) >= 11 is 7.11. The highest BCUT2D eigenvalue weighted by Gasteiger charge is 2.34. The number of amides is 1. The molecule has 24 heavy (non-hydrogen) atoms. The Hall–Kier alpha value is -1.66. The van der Waals surface area contributed by atoms with Crippen LogP contribution in [0.1, 0.15) is 29.8 Å². The molecule has 0 radical (unpaired) electrons. The molecule has 1 amide bonds. The predicted molar refractivity (Wildman–Crippen MR) is 91.8 cm³/mol. The van der Waals surface area contributed by atoms with Crippen molar-refractivity contribution in [2.24, 2.45) is 0 Å². The third kappa shape index (κ3) is 4.68. The Morgan fingerprint density at radius 2 is 1.83 bits per heavy atom. The van der Waals surface area contributed by atoms with Crippen molar-refractivity contribution in [1.82, 2.24) is 0 Å². The van der Waals surface area contributed by atoms with Gasteiger partial charge in [0.05, 0.1) is 16.8 Å². The number of nitrogens with one attached hydrogen (secondary N) is 1. The molecule has 0 bridgehead atoms. The standard InChI is InChI=1S/C17H15ClF3NOS/c1-10(2)24-15-6-4-3-5-12(15)16(23)22-14-8-7-11(18)9-13(14)17(19,20)21/h3-10H,1-2H3,(H,22,23). The fourth-order valence-corrected chi connectivity index (χ4v) is 3.19. The van der Waals surface area contributed by atoms with Gasteiger partial charge in [-0.2, -0.15) is 13.2 Å². The Bertz CT molecular complexity index is 747. The van der Waals surface area contributed by atoms with E-state index in [0.717, 1.165) is 12.1 Å². The van der Waals surface area contributed by atoms with Gasteiger partial charge >= 0.3 is 6.18 Å². The SMILES string of the molecule is CC(C)Sc1ccccc1C(=O)Nc1ccc(Cl)cc1C(F)(F)F. The molecular formula is C17H15ClF3NOS. The summed E-state index contributed by atoms with van der Waals surface area (Å²) in [5.41, 5.74) is -0.960. The first-order valence-electron chi connectivity index (χ1n) is 7.12. The van der Waals surface area contributed by atoms with Crippen LogP contribution in [-0.4, -0.2) is 11.2 Å². The number of carbonyl (C=O) groups excluding carboxylic acids is 1. The first-order valence-corrected chi connectivity index (χ1v) is 8.38. The van der Waals surface area contributed by atoms with E-state index < -0.39 is 17.6 Å². The quantitative estimate of drug-likeness (QED) is 0.655. The molecule has 7 heteroatoms. The summed E-state index contributed by atoms with van der Waals surface area (Å²) < 4.78 is 39.4. The third-order valence-electron chi connectivity index (χ3n) is 3.03. The Morgan fingerprint density at radius 1 is 1.17 bits per heavy atom. The largest absolute Gasteiger partial charge is 0.418 e. The maximum absolute atomic E-state index is 13.1. The van der Waals surface area contributed by atoms with Crippen molar-refractivity contribution in [3.8, 4) is 0 Å². The summed E-state index contributed by atoms with van der Waals surface area (Å²) in [7, 11) is 0. The molecule has 2 aromatic rings. The molecule has 0 spiro atoms. The summed E-state index contributed by atoms with van der Waals surface area (Å²) in [6, 6.07) is 10.1. The van der Waals surface area contributed by atoms with Gasteiger partial charge < -0.3 is 5.32 Å². The molecule has 0 aromatic heterocycles. The van der Waals surface area contributed by atoms with Crippen molar-refractivity contribution in [2.75, 3.05) is 5.32 Å². The Kier molecular flexibility index (Phi) is 5.83. The highest BCUT2D eigenvalue weighted by molar-refractivity contribution is 8.00. The Balaban J connectivity index is 2.35. The summed E-state index contributed by atoms with van der Waals surface area (Å²) in [5.74, 6) is -0.591. The molecule has 0 atom stereocenters. The zero-order valence-corrected chi connectivity index (χ0v) is 14.5. The molecule has 0 saturated heterocycles. The molecule has 1 N–H and O–H groups in total. The molecule has 0 heterocycles. The van der Waals surface area contributed by atoms with Gasteiger partial charge in [-0.3, -0.25) is 4.79 Å². The molecule has 2 rings (SSSR count). The van der Waals surface area contributed by atoms with Crippen molar-refractivity contribution in [2.45, 2.75) is 30.2 Å². The number of alkyl halides is 3. The van der Waals surface area contributed by atoms with E-state index in [-0.39, 0.29) is 16.0 Å². The maximum atomic E-state index is 13.1. The lowest BCUT2D eigenvalue weighted by molar-refractivity contribution is -0.136. The zero-order valence-electron chi connectivity index (χ0n) is 12.9. The van der Waals surface area contributed by atoms with Gasteiger partial charge in [0.1, 0.15) is 0 Å². The van der Waals surface area contributed by atoms with E-state index in [4.69, 9.17) is 11.6 Å². The van der Waals surface area contributed by atoms with Crippen molar-refractivity contribution >= 4 is 35.0 Å². The highest BCUT2D eigenvalue weighted by Crippen LogP contribution is 2.37. The fourth-order valence-electron chi connectivity index (χ4n) is 2.06. The van der Waals surface area contributed by atoms with Crippen LogP contribution in [-0.2, 0) is 6.18 Å². The molecule has 0 aliphatic rings. The van der Waals surface area contributed by atoms with E-state index in [2.05, 4.69) is 5.32 Å². The summed E-state index contributed by atoms with van der Waals surface area (Å²) in [5, 5.41) is 2.53. The van der Waals surface area contributed by atoms with Crippen LogP contribution in [0.3, 0.4) is 0 Å². The van der Waals surface area contributed by atoms with E-state index in [1.165, 1.54) is 17.8 Å². The lowest BCUT2D eigenvalue weighted by Crippen LogP contribution is -2.17. The molecule has 0 unspecified atom stereocenters. The van der Waals surface area contributed by atoms with Crippen molar-refractivity contribution in [1.29, 1.82) is 0 Å². The number of hydrogen-bond donors (Lipinski definition) is 1. The van der Waals surface area contributed by atoms with Crippen LogP contribution in [0.15, 0.2) is 47.4 Å². The molecule has 0 fully saturated rings. The molecule has 128 valence electrons. The average Bonchev–Trinajstić information content (AvgIpc) is 2.48. The Morgan fingerprint density at radius 3 is 2.46 bits per heavy atom. The minimum absolute atomic E-state index is 0.0453. The first-order chi connectivity index (χ1) is 11.2. The second kappa shape index (κ2) is 7.49. The lowest BCUT2D eigenvalue weighted by Gasteiger charge is -2.15. The monoisotopic (exact) mass is 373 g/mol. The second-order valence-electron chi connectivity index (χ2n) is 5.30. The lowest BCUT2D eigenvalue weighted by atomic mass is 10.1. The first kappa shape index (κ1) is 18.7. The molecule has 2 nitrogen and oxygen atoms in total. The van der Waals surface area contributed by atoms with E-state index in [0.29, 0.717) is 10.5 Å². The van der Waals surface area contributed by atoms with Gasteiger partial charge in [-0.1, -0.05) is 37.6 Å². The number of benzene rings is 2. The molecule has 0 aliphatic carbocycles. The fraction of sp³-hybridized carbons (Fsp3) is 0.235. The van der Waals surface area contributed by atoms with E-state index in [9.17, 15) is 18.0 Å². The van der Waals surface area contributed by atoms with Gasteiger partial charge in [-0.25, -0.2) is 0 Å². The van der Waals surface area contributed by atoms with Crippen LogP contribution in [0.2, 0.25) is 5.02 Å². The zero-order chi connectivity index (χ0) is 17.9. The smallest absolute Gasteiger partial charge is 0.321 e. The van der Waals surface area contributed by atoms with Crippen LogP contribution in [0, 0.1) is 0 Å². The van der Waals surface area contributed by atoms with Gasteiger partial charge in [0.2, 0.25) is 0 Å². The normalized spacial score (nSPS) is 11.6. The van der Waals surface area contributed by atoms with Gasteiger partial charge in [0.25, 0.3) is 5.91 Å². The summed E-state index contributed by atoms with van der Waals surface area (Å²) in [4.78, 5) is 13.2. The van der Waals surface area contributed by atoms with Crippen LogP contribution in [0.25, 0.3) is 0 Å². The molecule has 0 aliphatic heterocycles. The Labute approximate surface area is 147 Å². The van der Waals surface area contributed by atoms with Crippen LogP contribution < -0.4 is 5.32 Å². The molecule has 0 saturated carbocycles. The van der Waals surface area contributed by atoms with Crippen molar-refractivity contribution < 1.29 is 18.0 Å². The number of anilines is 1. The predicted octanol–water partition coefficient (Wildman–Crippen LogP) is 6.11. The number of carbonyl (C=O) groups is 1. The number of hydrogen-bond acceptors (Lipinski definition) is 2. The minimum atomic E-state index is -4.61. The minimum Gasteiger partial charge on any atom is -0.321 e. The van der Waals surface area contributed by atoms with Crippen LogP contribution in [0.4, 0.5) is 18.9 Å². The summed E-state index contributed by atoms with van der Waals surface area (Å²) in [6.07, 6.45) is -4.61. The number of rotatable bonds is 4. The highest BCUT2D eigenvalue weighted by atomic mass is 35.5. The average molecular weight is 374 g/mol. The third-order valence-corrected chi connectivity index (χ3v) is 4.35.